The van der Waals surface area contributed by atoms with Gasteiger partial charge in [0.2, 0.25) is 0 Å². The topological polar surface area (TPSA) is 41.5 Å². The van der Waals surface area contributed by atoms with Crippen LogP contribution >= 0.6 is 0 Å². The summed E-state index contributed by atoms with van der Waals surface area (Å²) in [6.07, 6.45) is 0.639. The van der Waals surface area contributed by atoms with Crippen molar-refractivity contribution in [2.75, 3.05) is 20.2 Å². The van der Waals surface area contributed by atoms with Crippen LogP contribution < -0.4 is 10.1 Å². The Morgan fingerprint density at radius 3 is 2.44 bits per heavy atom. The van der Waals surface area contributed by atoms with E-state index >= 15 is 0 Å². The molecule has 0 amide bonds. The molecule has 3 heteroatoms. The van der Waals surface area contributed by atoms with Gasteiger partial charge in [0.15, 0.2) is 0 Å². The third-order valence-electron chi connectivity index (χ3n) is 2.38. The van der Waals surface area contributed by atoms with Crippen molar-refractivity contribution in [3.63, 3.8) is 0 Å². The molecule has 3 nitrogen and oxygen atoms in total. The van der Waals surface area contributed by atoms with Crippen LogP contribution in [0.2, 0.25) is 0 Å². The smallest absolute Gasteiger partial charge is 0.119 e. The quantitative estimate of drug-likeness (QED) is 0.769. The highest BCUT2D eigenvalue weighted by Crippen LogP contribution is 2.16. The summed E-state index contributed by atoms with van der Waals surface area (Å²) in [6.45, 7) is 5.06. The molecule has 16 heavy (non-hydrogen) atoms. The number of hydrogen-bond acceptors (Lipinski definition) is 3. The first-order valence-corrected chi connectivity index (χ1v) is 5.66. The predicted molar refractivity (Wildman–Crippen MR) is 65.9 cm³/mol. The van der Waals surface area contributed by atoms with Gasteiger partial charge in [0.25, 0.3) is 0 Å². The predicted octanol–water partition coefficient (Wildman–Crippen LogP) is 1.60. The van der Waals surface area contributed by atoms with Gasteiger partial charge in [-0.25, -0.2) is 0 Å². The van der Waals surface area contributed by atoms with Crippen LogP contribution in [0.25, 0.3) is 0 Å². The molecule has 1 aromatic rings. The van der Waals surface area contributed by atoms with Gasteiger partial charge in [-0.3, -0.25) is 0 Å². The molecule has 0 aliphatic heterocycles. The lowest BCUT2D eigenvalue weighted by Crippen LogP contribution is -2.38. The van der Waals surface area contributed by atoms with Crippen molar-refractivity contribution in [1.82, 2.24) is 5.32 Å². The van der Waals surface area contributed by atoms with Crippen molar-refractivity contribution in [2.24, 2.45) is 0 Å². The summed E-state index contributed by atoms with van der Waals surface area (Å²) in [4.78, 5) is 0. The van der Waals surface area contributed by atoms with E-state index in [1.165, 1.54) is 0 Å². The Bertz CT molecular complexity index is 306. The Labute approximate surface area is 97.4 Å². The average Bonchev–Trinajstić information content (AvgIpc) is 2.21. The van der Waals surface area contributed by atoms with E-state index in [2.05, 4.69) is 5.32 Å². The number of nitrogens with one attached hydrogen (secondary N) is 1. The Hall–Kier alpha value is -1.06. The molecule has 0 saturated heterocycles. The summed E-state index contributed by atoms with van der Waals surface area (Å²) < 4.78 is 5.36. The highest BCUT2D eigenvalue weighted by molar-refractivity contribution is 5.28. The molecule has 0 fully saturated rings. The van der Waals surface area contributed by atoms with Gasteiger partial charge in [-0.05, 0) is 38.6 Å². The summed E-state index contributed by atoms with van der Waals surface area (Å²) in [5.74, 6) is 0.875. The van der Waals surface area contributed by atoms with Crippen LogP contribution in [-0.2, 0) is 6.42 Å². The van der Waals surface area contributed by atoms with Gasteiger partial charge in [0.1, 0.15) is 5.75 Å². The number of rotatable bonds is 6. The summed E-state index contributed by atoms with van der Waals surface area (Å²) >= 11 is 0. The van der Waals surface area contributed by atoms with Crippen molar-refractivity contribution in [2.45, 2.75) is 25.9 Å². The van der Waals surface area contributed by atoms with Crippen molar-refractivity contribution < 1.29 is 9.84 Å². The summed E-state index contributed by atoms with van der Waals surface area (Å²) in [6, 6.07) is 7.87. The molecule has 0 radical (unpaired) electrons. The van der Waals surface area contributed by atoms with E-state index in [4.69, 9.17) is 4.74 Å². The molecule has 90 valence electrons. The fraction of sp³-hybridized carbons (Fsp3) is 0.538. The second kappa shape index (κ2) is 5.87. The zero-order valence-corrected chi connectivity index (χ0v) is 10.3. The minimum Gasteiger partial charge on any atom is -0.494 e. The summed E-state index contributed by atoms with van der Waals surface area (Å²) in [5, 5.41) is 13.0. The van der Waals surface area contributed by atoms with Crippen LogP contribution in [-0.4, -0.2) is 30.9 Å². The van der Waals surface area contributed by atoms with E-state index in [-0.39, 0.29) is 0 Å². The molecule has 0 aliphatic carbocycles. The molecule has 0 spiro atoms. The first kappa shape index (κ1) is 13.0. The molecule has 0 saturated carbocycles. The van der Waals surface area contributed by atoms with E-state index in [9.17, 15) is 5.11 Å². The number of benzene rings is 1. The molecular weight excluding hydrogens is 202 g/mol. The maximum Gasteiger partial charge on any atom is 0.119 e. The van der Waals surface area contributed by atoms with Gasteiger partial charge in [-0.2, -0.15) is 0 Å². The van der Waals surface area contributed by atoms with Crippen LogP contribution in [0.3, 0.4) is 0 Å². The maximum absolute atomic E-state index is 10.0. The lowest BCUT2D eigenvalue weighted by Gasteiger charge is -2.22. The normalized spacial score (nSPS) is 14.5. The fourth-order valence-electron chi connectivity index (χ4n) is 1.75. The third-order valence-corrected chi connectivity index (χ3v) is 2.38. The molecule has 1 atom stereocenters. The van der Waals surface area contributed by atoms with Crippen molar-refractivity contribution in [1.29, 1.82) is 0 Å². The van der Waals surface area contributed by atoms with Gasteiger partial charge in [0.05, 0.1) is 12.2 Å². The first-order valence-electron chi connectivity index (χ1n) is 5.66. The standard InChI is InChI=1S/C13H21NO2/c1-4-16-12-7-5-11(6-8-12)9-13(2,15)10-14-3/h5-8,14-15H,4,9-10H2,1-3H3. The van der Waals surface area contributed by atoms with Gasteiger partial charge in [0, 0.05) is 13.0 Å². The summed E-state index contributed by atoms with van der Waals surface area (Å²) in [5.41, 5.74) is 0.408. The molecule has 0 heterocycles. The Morgan fingerprint density at radius 2 is 1.94 bits per heavy atom. The van der Waals surface area contributed by atoms with Crippen LogP contribution in [0.4, 0.5) is 0 Å². The number of likely N-dealkylation sites (N-methyl/N-ethyl adjacent to an activating group) is 1. The molecule has 1 rings (SSSR count). The third kappa shape index (κ3) is 4.21. The van der Waals surface area contributed by atoms with Crippen LogP contribution in [0.1, 0.15) is 19.4 Å². The minimum atomic E-state index is -0.706. The minimum absolute atomic E-state index is 0.584. The monoisotopic (exact) mass is 223 g/mol. The van der Waals surface area contributed by atoms with Crippen molar-refractivity contribution in [3.8, 4) is 5.75 Å². The van der Waals surface area contributed by atoms with E-state index < -0.39 is 5.60 Å². The molecule has 0 bridgehead atoms. The van der Waals surface area contributed by atoms with Gasteiger partial charge >= 0.3 is 0 Å². The lowest BCUT2D eigenvalue weighted by molar-refractivity contribution is 0.0622. The Kier molecular flexibility index (Phi) is 4.77. The van der Waals surface area contributed by atoms with E-state index in [0.29, 0.717) is 19.6 Å². The largest absolute Gasteiger partial charge is 0.494 e. The van der Waals surface area contributed by atoms with Crippen LogP contribution in [0.15, 0.2) is 24.3 Å². The Balaban J connectivity index is 2.61. The van der Waals surface area contributed by atoms with Crippen molar-refractivity contribution >= 4 is 0 Å². The second-order valence-corrected chi connectivity index (χ2v) is 4.28. The maximum atomic E-state index is 10.0. The van der Waals surface area contributed by atoms with E-state index in [1.54, 1.807) is 0 Å². The van der Waals surface area contributed by atoms with Gasteiger partial charge in [-0.1, -0.05) is 12.1 Å². The second-order valence-electron chi connectivity index (χ2n) is 4.28. The molecule has 1 aromatic carbocycles. The highest BCUT2D eigenvalue weighted by Gasteiger charge is 2.19. The van der Waals surface area contributed by atoms with E-state index in [1.807, 2.05) is 45.2 Å². The van der Waals surface area contributed by atoms with Gasteiger partial charge < -0.3 is 15.2 Å². The molecule has 0 aliphatic rings. The molecular formula is C13H21NO2. The SMILES string of the molecule is CCOc1ccc(CC(C)(O)CNC)cc1. The highest BCUT2D eigenvalue weighted by atomic mass is 16.5. The fourth-order valence-corrected chi connectivity index (χ4v) is 1.75. The zero-order valence-electron chi connectivity index (χ0n) is 10.3. The summed E-state index contributed by atoms with van der Waals surface area (Å²) in [7, 11) is 1.84. The molecule has 0 aromatic heterocycles. The van der Waals surface area contributed by atoms with E-state index in [0.717, 1.165) is 11.3 Å². The van der Waals surface area contributed by atoms with Crippen LogP contribution in [0.5, 0.6) is 5.75 Å². The zero-order chi connectivity index (χ0) is 12.0. The average molecular weight is 223 g/mol. The lowest BCUT2D eigenvalue weighted by atomic mass is 9.96. The molecule has 2 N–H and O–H groups in total. The first-order chi connectivity index (χ1) is 7.57. The van der Waals surface area contributed by atoms with Crippen LogP contribution in [0, 0.1) is 0 Å². The van der Waals surface area contributed by atoms with Crippen molar-refractivity contribution in [3.05, 3.63) is 29.8 Å². The number of aliphatic hydroxyl groups is 1. The molecule has 1 unspecified atom stereocenters. The van der Waals surface area contributed by atoms with Gasteiger partial charge in [-0.15, -0.1) is 0 Å². The number of hydrogen-bond donors (Lipinski definition) is 2. The Morgan fingerprint density at radius 1 is 1.31 bits per heavy atom. The number of ether oxygens (including phenoxy) is 1.